The molecule has 0 fully saturated rings. The normalized spacial score (nSPS) is 12.4. The summed E-state index contributed by atoms with van der Waals surface area (Å²) < 4.78 is 0. The molecule has 0 unspecified atom stereocenters. The van der Waals surface area contributed by atoms with Crippen LogP contribution in [0.5, 0.6) is 0 Å². The molecule has 0 saturated carbocycles. The van der Waals surface area contributed by atoms with Gasteiger partial charge in [-0.25, -0.2) is 0 Å². The highest BCUT2D eigenvalue weighted by molar-refractivity contribution is 6.10. The lowest BCUT2D eigenvalue weighted by Gasteiger charge is -2.34. The van der Waals surface area contributed by atoms with Crippen molar-refractivity contribution in [3.05, 3.63) is 289 Å². The van der Waals surface area contributed by atoms with Crippen molar-refractivity contribution in [2.24, 2.45) is 0 Å². The van der Waals surface area contributed by atoms with Crippen LogP contribution in [-0.2, 0) is 5.41 Å². The molecule has 0 nitrogen and oxygen atoms in total. The van der Waals surface area contributed by atoms with Gasteiger partial charge in [0, 0.05) is 0 Å². The molecule has 0 spiro atoms. The molecule has 0 atom stereocenters. The fourth-order valence-electron chi connectivity index (χ4n) is 10.5. The standard InChI is InChI=1S/C65H44/c1-5-19-45(20-6-1)47-23-15-25-49(39-47)51-27-17-28-52(41-51)54-37-38-60-62(43-54)65(56-31-9-3-10-32-56,57-33-11-4-12-34-57)63-44-61(58-35-13-14-36-59(58)64(60)63)55-30-18-29-53(42-55)50-26-16-24-48(40-50)46-21-7-2-8-22-46/h1-44H. The van der Waals surface area contributed by atoms with Crippen LogP contribution in [0.1, 0.15) is 22.3 Å². The van der Waals surface area contributed by atoms with Crippen molar-refractivity contribution < 1.29 is 0 Å². The minimum Gasteiger partial charge on any atom is -0.0622 e. The third-order valence-corrected chi connectivity index (χ3v) is 13.5. The Kier molecular flexibility index (Phi) is 9.50. The van der Waals surface area contributed by atoms with E-state index in [-0.39, 0.29) is 0 Å². The van der Waals surface area contributed by atoms with E-state index >= 15 is 0 Å². The molecule has 0 heterocycles. The molecule has 1 aliphatic carbocycles. The molecule has 0 bridgehead atoms. The van der Waals surface area contributed by atoms with Gasteiger partial charge < -0.3 is 0 Å². The zero-order valence-electron chi connectivity index (χ0n) is 35.9. The molecule has 0 aromatic heterocycles. The van der Waals surface area contributed by atoms with Gasteiger partial charge in [-0.05, 0) is 147 Å². The Bertz CT molecular complexity index is 3470. The van der Waals surface area contributed by atoms with Crippen molar-refractivity contribution >= 4 is 10.8 Å². The zero-order valence-corrected chi connectivity index (χ0v) is 35.9. The molecular formula is C65H44. The van der Waals surface area contributed by atoms with Crippen molar-refractivity contribution in [1.82, 2.24) is 0 Å². The van der Waals surface area contributed by atoms with Crippen LogP contribution in [-0.4, -0.2) is 0 Å². The Morgan fingerprint density at radius 2 is 0.554 bits per heavy atom. The topological polar surface area (TPSA) is 0 Å². The third-order valence-electron chi connectivity index (χ3n) is 13.5. The Morgan fingerprint density at radius 1 is 0.200 bits per heavy atom. The van der Waals surface area contributed by atoms with Gasteiger partial charge in [0.05, 0.1) is 5.41 Å². The maximum absolute atomic E-state index is 2.52. The maximum Gasteiger partial charge on any atom is 0.0714 e. The fourth-order valence-corrected chi connectivity index (χ4v) is 10.5. The highest BCUT2D eigenvalue weighted by atomic mass is 14.5. The quantitative estimate of drug-likeness (QED) is 0.143. The van der Waals surface area contributed by atoms with Gasteiger partial charge in [0.1, 0.15) is 0 Å². The third kappa shape index (κ3) is 6.62. The van der Waals surface area contributed by atoms with Crippen molar-refractivity contribution in [3.63, 3.8) is 0 Å². The SMILES string of the molecule is c1ccc(-c2cccc(-c3cccc(-c4ccc5c(c4)C(c4ccccc4)(c4ccccc4)c4cc(-c6cccc(-c7cccc(-c8ccccc8)c7)c6)c6ccccc6c4-5)c3)c2)cc1. The van der Waals surface area contributed by atoms with E-state index in [1.54, 1.807) is 0 Å². The van der Waals surface area contributed by atoms with E-state index in [9.17, 15) is 0 Å². The Labute approximate surface area is 381 Å². The van der Waals surface area contributed by atoms with Crippen molar-refractivity contribution in [2.75, 3.05) is 0 Å². The van der Waals surface area contributed by atoms with Crippen molar-refractivity contribution in [1.29, 1.82) is 0 Å². The first-order valence-electron chi connectivity index (χ1n) is 22.6. The van der Waals surface area contributed by atoms with Gasteiger partial charge in [-0.2, -0.15) is 0 Å². The molecule has 0 radical (unpaired) electrons. The number of rotatable bonds is 8. The monoisotopic (exact) mass is 824 g/mol. The molecule has 12 rings (SSSR count). The van der Waals surface area contributed by atoms with Gasteiger partial charge in [0.25, 0.3) is 0 Å². The lowest BCUT2D eigenvalue weighted by Crippen LogP contribution is -2.28. The van der Waals surface area contributed by atoms with E-state index in [0.29, 0.717) is 0 Å². The van der Waals surface area contributed by atoms with E-state index in [1.807, 2.05) is 0 Å². The second-order valence-electron chi connectivity index (χ2n) is 17.2. The molecule has 0 aliphatic heterocycles. The van der Waals surface area contributed by atoms with Crippen LogP contribution >= 0.6 is 0 Å². The molecule has 65 heavy (non-hydrogen) atoms. The Hall–Kier alpha value is -8.32. The van der Waals surface area contributed by atoms with Crippen LogP contribution in [0.2, 0.25) is 0 Å². The lowest BCUT2D eigenvalue weighted by atomic mass is 9.67. The second-order valence-corrected chi connectivity index (χ2v) is 17.2. The minimum absolute atomic E-state index is 0.592. The van der Waals surface area contributed by atoms with Gasteiger partial charge in [-0.1, -0.05) is 231 Å². The van der Waals surface area contributed by atoms with Crippen molar-refractivity contribution in [2.45, 2.75) is 5.41 Å². The largest absolute Gasteiger partial charge is 0.0714 e. The van der Waals surface area contributed by atoms with Crippen LogP contribution in [0, 0.1) is 0 Å². The van der Waals surface area contributed by atoms with E-state index in [0.717, 1.165) is 0 Å². The van der Waals surface area contributed by atoms with Gasteiger partial charge in [-0.15, -0.1) is 0 Å². The van der Waals surface area contributed by atoms with Crippen LogP contribution < -0.4 is 0 Å². The summed E-state index contributed by atoms with van der Waals surface area (Å²) in [5.41, 5.74) is 21.6. The van der Waals surface area contributed by atoms with Gasteiger partial charge in [-0.3, -0.25) is 0 Å². The highest BCUT2D eigenvalue weighted by Gasteiger charge is 2.47. The summed E-state index contributed by atoms with van der Waals surface area (Å²) in [6.45, 7) is 0. The molecule has 0 saturated heterocycles. The average molecular weight is 825 g/mol. The van der Waals surface area contributed by atoms with E-state index in [2.05, 4.69) is 267 Å². The van der Waals surface area contributed by atoms with Crippen LogP contribution in [0.3, 0.4) is 0 Å². The van der Waals surface area contributed by atoms with E-state index in [1.165, 1.54) is 111 Å². The molecule has 0 heteroatoms. The van der Waals surface area contributed by atoms with E-state index in [4.69, 9.17) is 0 Å². The van der Waals surface area contributed by atoms with Crippen molar-refractivity contribution in [3.8, 4) is 77.9 Å². The fraction of sp³-hybridized carbons (Fsp3) is 0.0154. The van der Waals surface area contributed by atoms with Gasteiger partial charge in [0.15, 0.2) is 0 Å². The summed E-state index contributed by atoms with van der Waals surface area (Å²) in [6, 6.07) is 98.5. The summed E-state index contributed by atoms with van der Waals surface area (Å²) in [6.07, 6.45) is 0. The van der Waals surface area contributed by atoms with Gasteiger partial charge in [0.2, 0.25) is 0 Å². The predicted molar refractivity (Wildman–Crippen MR) is 274 cm³/mol. The minimum atomic E-state index is -0.592. The number of hydrogen-bond donors (Lipinski definition) is 0. The first kappa shape index (κ1) is 38.4. The number of hydrogen-bond acceptors (Lipinski definition) is 0. The highest BCUT2D eigenvalue weighted by Crippen LogP contribution is 2.59. The smallest absolute Gasteiger partial charge is 0.0622 e. The Balaban J connectivity index is 1.06. The van der Waals surface area contributed by atoms with Crippen LogP contribution in [0.4, 0.5) is 0 Å². The predicted octanol–water partition coefficient (Wildman–Crippen LogP) is 17.2. The Morgan fingerprint density at radius 3 is 1.03 bits per heavy atom. The molecule has 1 aliphatic rings. The summed E-state index contributed by atoms with van der Waals surface area (Å²) in [5.74, 6) is 0. The average Bonchev–Trinajstić information content (AvgIpc) is 3.70. The van der Waals surface area contributed by atoms with Crippen LogP contribution in [0.15, 0.2) is 267 Å². The first-order chi connectivity index (χ1) is 32.2. The molecule has 11 aromatic carbocycles. The lowest BCUT2D eigenvalue weighted by molar-refractivity contribution is 0.769. The van der Waals surface area contributed by atoms with E-state index < -0.39 is 5.41 Å². The molecule has 0 amide bonds. The number of benzene rings is 11. The number of fused-ring (bicyclic) bond motifs is 5. The maximum atomic E-state index is 2.52. The first-order valence-corrected chi connectivity index (χ1v) is 22.6. The summed E-state index contributed by atoms with van der Waals surface area (Å²) >= 11 is 0. The summed E-state index contributed by atoms with van der Waals surface area (Å²) in [5, 5.41) is 2.51. The molecule has 11 aromatic rings. The molecule has 304 valence electrons. The molecule has 0 N–H and O–H groups in total. The molecular weight excluding hydrogens is 781 g/mol. The zero-order chi connectivity index (χ0) is 43.2. The van der Waals surface area contributed by atoms with Crippen LogP contribution in [0.25, 0.3) is 88.7 Å². The summed E-state index contributed by atoms with van der Waals surface area (Å²) in [4.78, 5) is 0. The van der Waals surface area contributed by atoms with Gasteiger partial charge >= 0.3 is 0 Å². The second kappa shape index (κ2) is 16.1. The summed E-state index contributed by atoms with van der Waals surface area (Å²) in [7, 11) is 0.